The van der Waals surface area contributed by atoms with Gasteiger partial charge in [0.05, 0.1) is 10.2 Å². The van der Waals surface area contributed by atoms with Crippen LogP contribution in [-0.4, -0.2) is 11.5 Å². The molecule has 0 radical (unpaired) electrons. The summed E-state index contributed by atoms with van der Waals surface area (Å²) in [4.78, 5) is 4.48. The van der Waals surface area contributed by atoms with E-state index in [1.54, 1.807) is 11.3 Å². The largest absolute Gasteiger partial charge is 0.385 e. The summed E-state index contributed by atoms with van der Waals surface area (Å²) in [5.74, 6) is 0. The van der Waals surface area contributed by atoms with E-state index in [0.29, 0.717) is 5.13 Å². The number of nitrogens with one attached hydrogen (secondary N) is 1. The molecule has 2 aromatic rings. The molecule has 3 nitrogen and oxygen atoms in total. The summed E-state index contributed by atoms with van der Waals surface area (Å²) in [5.41, 5.74) is 12.5. The van der Waals surface area contributed by atoms with Gasteiger partial charge < -0.3 is 11.1 Å². The Labute approximate surface area is 126 Å². The molecule has 1 aliphatic heterocycles. The summed E-state index contributed by atoms with van der Waals surface area (Å²) in [6.45, 7) is 1.04. The molecule has 1 unspecified atom stereocenters. The van der Waals surface area contributed by atoms with Gasteiger partial charge in [-0.25, -0.2) is 4.98 Å². The fourth-order valence-electron chi connectivity index (χ4n) is 4.01. The zero-order valence-corrected chi connectivity index (χ0v) is 12.3. The predicted octanol–water partition coefficient (Wildman–Crippen LogP) is 3.35. The van der Waals surface area contributed by atoms with Crippen molar-refractivity contribution in [2.45, 2.75) is 18.3 Å². The maximum Gasteiger partial charge on any atom is 0.181 e. The number of fused-ring (bicyclic) bond motifs is 2. The van der Waals surface area contributed by atoms with E-state index in [2.05, 4.69) is 46.7 Å². The number of nitrogens with zero attached hydrogens (tertiary/aromatic N) is 1. The van der Waals surface area contributed by atoms with Gasteiger partial charge in [0.15, 0.2) is 5.13 Å². The van der Waals surface area contributed by atoms with Gasteiger partial charge in [-0.05, 0) is 47.8 Å². The molecule has 1 aromatic heterocycles. The van der Waals surface area contributed by atoms with E-state index in [4.69, 9.17) is 5.73 Å². The minimum Gasteiger partial charge on any atom is -0.385 e. The van der Waals surface area contributed by atoms with Gasteiger partial charge >= 0.3 is 0 Å². The Kier molecular flexibility index (Phi) is 2.08. The van der Waals surface area contributed by atoms with Crippen molar-refractivity contribution in [2.75, 3.05) is 12.3 Å². The molecule has 3 aliphatic rings. The van der Waals surface area contributed by atoms with Crippen LogP contribution in [0.5, 0.6) is 0 Å². The lowest BCUT2D eigenvalue weighted by molar-refractivity contribution is 0.419. The van der Waals surface area contributed by atoms with Crippen molar-refractivity contribution in [3.05, 3.63) is 52.8 Å². The molecule has 1 aromatic carbocycles. The number of piperidine rings is 1. The average Bonchev–Trinajstić information content (AvgIpc) is 2.85. The number of nitrogens with two attached hydrogens (primary N) is 1. The van der Waals surface area contributed by atoms with E-state index in [0.717, 1.165) is 24.9 Å². The number of aromatic nitrogens is 1. The molecule has 0 amide bonds. The van der Waals surface area contributed by atoms with Gasteiger partial charge in [0, 0.05) is 17.7 Å². The fraction of sp³-hybridized carbons (Fsp3) is 0.235. The lowest BCUT2D eigenvalue weighted by Crippen LogP contribution is -2.43. The summed E-state index contributed by atoms with van der Waals surface area (Å²) >= 11 is 1.57. The molecule has 104 valence electrons. The fourth-order valence-corrected chi connectivity index (χ4v) is 4.77. The van der Waals surface area contributed by atoms with Gasteiger partial charge in [-0.15, -0.1) is 0 Å². The highest BCUT2D eigenvalue weighted by Gasteiger charge is 2.44. The van der Waals surface area contributed by atoms with E-state index >= 15 is 0 Å². The predicted molar refractivity (Wildman–Crippen MR) is 88.1 cm³/mol. The Balaban J connectivity index is 1.87. The molecule has 1 saturated heterocycles. The van der Waals surface area contributed by atoms with Gasteiger partial charge in [-0.3, -0.25) is 0 Å². The number of allylic oxidation sites excluding steroid dienone is 4. The molecule has 2 aliphatic carbocycles. The molecule has 2 heterocycles. The normalized spacial score (nSPS) is 25.7. The Morgan fingerprint density at radius 2 is 2.29 bits per heavy atom. The second kappa shape index (κ2) is 3.77. The first-order valence-corrected chi connectivity index (χ1v) is 8.12. The van der Waals surface area contributed by atoms with Crippen LogP contribution in [0.4, 0.5) is 5.13 Å². The van der Waals surface area contributed by atoms with Crippen LogP contribution < -0.4 is 11.1 Å². The maximum absolute atomic E-state index is 5.88. The quantitative estimate of drug-likeness (QED) is 0.783. The Morgan fingerprint density at radius 3 is 3.24 bits per heavy atom. The van der Waals surface area contributed by atoms with Crippen LogP contribution in [0.1, 0.15) is 24.0 Å². The minimum atomic E-state index is 0.131. The average molecular weight is 293 g/mol. The Morgan fingerprint density at radius 1 is 1.33 bits per heavy atom. The van der Waals surface area contributed by atoms with E-state index in [1.165, 1.54) is 27.1 Å². The minimum absolute atomic E-state index is 0.131. The summed E-state index contributed by atoms with van der Waals surface area (Å²) in [6.07, 6.45) is 11.2. The molecular formula is C17H15N3S. The lowest BCUT2D eigenvalue weighted by Gasteiger charge is -2.46. The van der Waals surface area contributed by atoms with Crippen LogP contribution in [0.2, 0.25) is 0 Å². The first kappa shape index (κ1) is 11.6. The lowest BCUT2D eigenvalue weighted by atomic mass is 9.61. The third-order valence-corrected chi connectivity index (χ3v) is 5.78. The molecule has 3 N–H and O–H groups in total. The van der Waals surface area contributed by atoms with E-state index < -0.39 is 0 Å². The van der Waals surface area contributed by atoms with E-state index in [-0.39, 0.29) is 5.41 Å². The smallest absolute Gasteiger partial charge is 0.181 e. The highest BCUT2D eigenvalue weighted by molar-refractivity contribution is 7.22. The molecule has 5 rings (SSSR count). The van der Waals surface area contributed by atoms with Crippen molar-refractivity contribution in [3.63, 3.8) is 0 Å². The number of nitrogen functional groups attached to an aromatic ring is 1. The first-order chi connectivity index (χ1) is 10.3. The summed E-state index contributed by atoms with van der Waals surface area (Å²) in [7, 11) is 0. The summed E-state index contributed by atoms with van der Waals surface area (Å²) in [5, 5.41) is 4.21. The second-order valence-corrected chi connectivity index (χ2v) is 7.05. The third kappa shape index (κ3) is 1.40. The van der Waals surface area contributed by atoms with Gasteiger partial charge in [0.1, 0.15) is 0 Å². The van der Waals surface area contributed by atoms with E-state index in [9.17, 15) is 0 Å². The Hall–Kier alpha value is -2.07. The Bertz CT molecular complexity index is 872. The number of anilines is 1. The zero-order chi connectivity index (χ0) is 14.0. The van der Waals surface area contributed by atoms with Gasteiger partial charge in [0.2, 0.25) is 0 Å². The second-order valence-electron chi connectivity index (χ2n) is 5.99. The standard InChI is InChI=1S/C17H15N3S/c18-16-20-14-9-12-10(8-15(14)21-16)7-13-11-3-1-2-4-17(11,12)5-6-19-13/h1-3,7-9,19H,4-6H2,(H2,18,20). The topological polar surface area (TPSA) is 50.9 Å². The van der Waals surface area contributed by atoms with Crippen LogP contribution >= 0.6 is 11.3 Å². The van der Waals surface area contributed by atoms with Crippen LogP contribution in [-0.2, 0) is 5.41 Å². The van der Waals surface area contributed by atoms with Gasteiger partial charge in [0.25, 0.3) is 0 Å². The number of thiazole rings is 1. The van der Waals surface area contributed by atoms with Gasteiger partial charge in [-0.2, -0.15) is 0 Å². The van der Waals surface area contributed by atoms with Crippen LogP contribution in [0.25, 0.3) is 16.3 Å². The number of rotatable bonds is 0. The van der Waals surface area contributed by atoms with Crippen molar-refractivity contribution < 1.29 is 0 Å². The van der Waals surface area contributed by atoms with Crippen molar-refractivity contribution in [1.29, 1.82) is 0 Å². The zero-order valence-electron chi connectivity index (χ0n) is 11.5. The summed E-state index contributed by atoms with van der Waals surface area (Å²) < 4.78 is 1.18. The van der Waals surface area contributed by atoms with Crippen molar-refractivity contribution in [1.82, 2.24) is 10.3 Å². The molecule has 0 saturated carbocycles. The molecular weight excluding hydrogens is 278 g/mol. The molecule has 0 spiro atoms. The SMILES string of the molecule is Nc1nc2cc3c(cc2s1)C=C1NCCC32CC=CC=C12. The molecule has 21 heavy (non-hydrogen) atoms. The number of hydrogen-bond acceptors (Lipinski definition) is 4. The molecule has 1 atom stereocenters. The molecule has 2 bridgehead atoms. The van der Waals surface area contributed by atoms with E-state index in [1.807, 2.05) is 0 Å². The number of benzene rings is 1. The van der Waals surface area contributed by atoms with Crippen LogP contribution in [0, 0.1) is 0 Å². The molecule has 4 heteroatoms. The summed E-state index contributed by atoms with van der Waals surface area (Å²) in [6, 6.07) is 4.52. The van der Waals surface area contributed by atoms with Crippen LogP contribution in [0.3, 0.4) is 0 Å². The van der Waals surface area contributed by atoms with Gasteiger partial charge in [-0.1, -0.05) is 29.6 Å². The molecule has 1 fully saturated rings. The highest BCUT2D eigenvalue weighted by atomic mass is 32.1. The van der Waals surface area contributed by atoms with Crippen molar-refractivity contribution in [2.24, 2.45) is 0 Å². The third-order valence-electron chi connectivity index (χ3n) is 4.93. The maximum atomic E-state index is 5.88. The van der Waals surface area contributed by atoms with Crippen LogP contribution in [0.15, 0.2) is 41.6 Å². The first-order valence-electron chi connectivity index (χ1n) is 7.30. The van der Waals surface area contributed by atoms with Crippen molar-refractivity contribution in [3.8, 4) is 0 Å². The monoisotopic (exact) mass is 293 g/mol. The van der Waals surface area contributed by atoms with Crippen molar-refractivity contribution >= 4 is 32.8 Å². The highest BCUT2D eigenvalue weighted by Crippen LogP contribution is 2.51. The number of hydrogen-bond donors (Lipinski definition) is 2.